The van der Waals surface area contributed by atoms with Crippen LogP contribution in [0.1, 0.15) is 31.4 Å². The van der Waals surface area contributed by atoms with Crippen molar-refractivity contribution in [2.45, 2.75) is 25.8 Å². The molecule has 0 spiro atoms. The lowest BCUT2D eigenvalue weighted by molar-refractivity contribution is 0.263. The molecule has 0 radical (unpaired) electrons. The highest BCUT2D eigenvalue weighted by Gasteiger charge is 2.20. The molecule has 23 heavy (non-hydrogen) atoms. The van der Waals surface area contributed by atoms with E-state index >= 15 is 0 Å². The van der Waals surface area contributed by atoms with Crippen LogP contribution in [-0.2, 0) is 0 Å². The van der Waals surface area contributed by atoms with Crippen LogP contribution in [0.4, 0.5) is 5.82 Å². The third-order valence-electron chi connectivity index (χ3n) is 4.73. The third kappa shape index (κ3) is 2.45. The second-order valence-corrected chi connectivity index (χ2v) is 6.10. The molecule has 3 aromatic rings. The Labute approximate surface area is 134 Å². The summed E-state index contributed by atoms with van der Waals surface area (Å²) in [6.45, 7) is 4.63. The van der Waals surface area contributed by atoms with Gasteiger partial charge < -0.3 is 5.73 Å². The number of nitrogens with one attached hydrogen (secondary N) is 1. The lowest BCUT2D eigenvalue weighted by Crippen LogP contribution is -2.23. The maximum absolute atomic E-state index is 6.02. The van der Waals surface area contributed by atoms with Crippen LogP contribution < -0.4 is 5.73 Å². The Kier molecular flexibility index (Phi) is 3.46. The Hall–Kier alpha value is -2.47. The minimum Gasteiger partial charge on any atom is -0.383 e. The molecular weight excluding hydrogens is 288 g/mol. The molecule has 0 unspecified atom stereocenters. The van der Waals surface area contributed by atoms with Gasteiger partial charge in [0.05, 0.1) is 11.1 Å². The summed E-state index contributed by atoms with van der Waals surface area (Å²) >= 11 is 0. The number of nitrogen functional groups attached to an aromatic ring is 1. The summed E-state index contributed by atoms with van der Waals surface area (Å²) in [4.78, 5) is 10.8. The van der Waals surface area contributed by atoms with Crippen molar-refractivity contribution in [1.82, 2.24) is 25.1 Å². The summed E-state index contributed by atoms with van der Waals surface area (Å²) < 4.78 is 0. The van der Waals surface area contributed by atoms with E-state index in [4.69, 9.17) is 5.73 Å². The molecule has 1 aliphatic heterocycles. The van der Waals surface area contributed by atoms with Crippen molar-refractivity contribution in [3.63, 3.8) is 0 Å². The summed E-state index contributed by atoms with van der Waals surface area (Å²) in [7, 11) is 0. The third-order valence-corrected chi connectivity index (χ3v) is 4.73. The van der Waals surface area contributed by atoms with Crippen LogP contribution in [0.2, 0.25) is 0 Å². The van der Waals surface area contributed by atoms with Gasteiger partial charge in [0.15, 0.2) is 5.65 Å². The van der Waals surface area contributed by atoms with E-state index in [1.165, 1.54) is 37.8 Å². The van der Waals surface area contributed by atoms with E-state index in [2.05, 4.69) is 56.3 Å². The zero-order chi connectivity index (χ0) is 15.8. The number of hydrogen-bond acceptors (Lipinski definition) is 5. The molecule has 3 N–H and O–H groups in total. The molecule has 6 nitrogen and oxygen atoms in total. The maximum atomic E-state index is 6.02. The monoisotopic (exact) mass is 308 g/mol. The first-order chi connectivity index (χ1) is 11.2. The molecule has 1 saturated heterocycles. The number of hydrogen-bond donors (Lipinski definition) is 2. The fourth-order valence-electron chi connectivity index (χ4n) is 3.38. The van der Waals surface area contributed by atoms with E-state index in [9.17, 15) is 0 Å². The maximum Gasteiger partial charge on any atom is 0.186 e. The zero-order valence-electron chi connectivity index (χ0n) is 13.2. The van der Waals surface area contributed by atoms with Crippen molar-refractivity contribution >= 4 is 16.9 Å². The molecular formula is C17H20N6. The van der Waals surface area contributed by atoms with E-state index in [1.54, 1.807) is 0 Å². The Balaban J connectivity index is 1.75. The predicted molar refractivity (Wildman–Crippen MR) is 90.8 cm³/mol. The van der Waals surface area contributed by atoms with Crippen molar-refractivity contribution < 1.29 is 0 Å². The molecule has 0 bridgehead atoms. The fraction of sp³-hybridized carbons (Fsp3) is 0.353. The summed E-state index contributed by atoms with van der Waals surface area (Å²) in [6.07, 6.45) is 4.03. The summed E-state index contributed by atoms with van der Waals surface area (Å²) in [5.74, 6) is 0.455. The minimum absolute atomic E-state index is 0.417. The largest absolute Gasteiger partial charge is 0.383 e. The molecule has 1 fully saturated rings. The predicted octanol–water partition coefficient (Wildman–Crippen LogP) is 2.76. The highest BCUT2D eigenvalue weighted by atomic mass is 15.2. The van der Waals surface area contributed by atoms with Gasteiger partial charge in [-0.1, -0.05) is 18.2 Å². The molecule has 0 amide bonds. The van der Waals surface area contributed by atoms with E-state index in [1.807, 2.05) is 0 Å². The first-order valence-electron chi connectivity index (χ1n) is 8.03. The van der Waals surface area contributed by atoms with Crippen LogP contribution in [0.25, 0.3) is 22.3 Å². The molecule has 1 aromatic carbocycles. The van der Waals surface area contributed by atoms with Gasteiger partial charge in [0.1, 0.15) is 12.1 Å². The molecule has 1 atom stereocenters. The fourth-order valence-corrected chi connectivity index (χ4v) is 3.38. The number of rotatable bonds is 3. The van der Waals surface area contributed by atoms with Crippen LogP contribution in [-0.4, -0.2) is 38.2 Å². The molecule has 3 heterocycles. The number of aromatic amines is 1. The number of aromatic nitrogens is 4. The van der Waals surface area contributed by atoms with Crippen molar-refractivity contribution in [3.8, 4) is 11.3 Å². The standard InChI is InChI=1S/C17H20N6/c1-11(23-7-2-3-8-23)12-5-4-6-13(9-12)15-14-16(18)19-10-20-17(14)22-21-15/h4-6,9-11H,2-3,7-8H2,1H3,(H3,18,19,20,21,22)/t11-/m1/s1. The Morgan fingerprint density at radius 3 is 2.87 bits per heavy atom. The zero-order valence-corrected chi connectivity index (χ0v) is 13.2. The lowest BCUT2D eigenvalue weighted by Gasteiger charge is -2.24. The average molecular weight is 308 g/mol. The second-order valence-electron chi connectivity index (χ2n) is 6.10. The van der Waals surface area contributed by atoms with Gasteiger partial charge in [0, 0.05) is 11.6 Å². The van der Waals surface area contributed by atoms with E-state index in [0.717, 1.165) is 16.6 Å². The SMILES string of the molecule is C[C@H](c1cccc(-c2[nH]nc3ncnc(N)c23)c1)N1CCCC1. The normalized spacial score (nSPS) is 16.9. The highest BCUT2D eigenvalue weighted by Crippen LogP contribution is 2.31. The smallest absolute Gasteiger partial charge is 0.186 e. The Bertz CT molecular complexity index is 834. The summed E-state index contributed by atoms with van der Waals surface area (Å²) in [5, 5.41) is 8.09. The van der Waals surface area contributed by atoms with Gasteiger partial charge in [-0.3, -0.25) is 10.00 Å². The molecule has 2 aromatic heterocycles. The number of fused-ring (bicyclic) bond motifs is 1. The minimum atomic E-state index is 0.417. The van der Waals surface area contributed by atoms with Gasteiger partial charge in [-0.15, -0.1) is 0 Å². The van der Waals surface area contributed by atoms with Crippen molar-refractivity contribution in [1.29, 1.82) is 0 Å². The summed E-state index contributed by atoms with van der Waals surface area (Å²) in [5.41, 5.74) is 9.88. The van der Waals surface area contributed by atoms with Crippen LogP contribution in [0, 0.1) is 0 Å². The molecule has 0 saturated carbocycles. The van der Waals surface area contributed by atoms with Gasteiger partial charge in [-0.05, 0) is 44.5 Å². The van der Waals surface area contributed by atoms with Crippen molar-refractivity contribution in [2.75, 3.05) is 18.8 Å². The van der Waals surface area contributed by atoms with E-state index < -0.39 is 0 Å². The van der Waals surface area contributed by atoms with Gasteiger partial charge in [-0.25, -0.2) is 9.97 Å². The Morgan fingerprint density at radius 1 is 1.22 bits per heavy atom. The number of nitrogens with zero attached hydrogens (tertiary/aromatic N) is 4. The van der Waals surface area contributed by atoms with Crippen molar-refractivity contribution in [2.24, 2.45) is 0 Å². The average Bonchev–Trinajstić information content (AvgIpc) is 3.24. The Morgan fingerprint density at radius 2 is 2.04 bits per heavy atom. The second kappa shape index (κ2) is 5.62. The van der Waals surface area contributed by atoms with E-state index in [0.29, 0.717) is 17.5 Å². The van der Waals surface area contributed by atoms with Gasteiger partial charge in [0.2, 0.25) is 0 Å². The number of benzene rings is 1. The number of anilines is 1. The van der Waals surface area contributed by atoms with Gasteiger partial charge in [0.25, 0.3) is 0 Å². The van der Waals surface area contributed by atoms with Gasteiger partial charge in [-0.2, -0.15) is 5.10 Å². The van der Waals surface area contributed by atoms with Gasteiger partial charge >= 0.3 is 0 Å². The summed E-state index contributed by atoms with van der Waals surface area (Å²) in [6, 6.07) is 8.97. The topological polar surface area (TPSA) is 83.7 Å². The van der Waals surface area contributed by atoms with Crippen LogP contribution in [0.15, 0.2) is 30.6 Å². The lowest BCUT2D eigenvalue weighted by atomic mass is 10.0. The first kappa shape index (κ1) is 14.1. The van der Waals surface area contributed by atoms with E-state index in [-0.39, 0.29) is 0 Å². The van der Waals surface area contributed by atoms with Crippen LogP contribution >= 0.6 is 0 Å². The number of likely N-dealkylation sites (tertiary alicyclic amines) is 1. The molecule has 118 valence electrons. The highest BCUT2D eigenvalue weighted by molar-refractivity contribution is 5.97. The quantitative estimate of drug-likeness (QED) is 0.777. The molecule has 6 heteroatoms. The van der Waals surface area contributed by atoms with Crippen LogP contribution in [0.5, 0.6) is 0 Å². The number of nitrogens with two attached hydrogens (primary N) is 1. The number of H-pyrrole nitrogens is 1. The molecule has 0 aliphatic carbocycles. The van der Waals surface area contributed by atoms with Crippen LogP contribution in [0.3, 0.4) is 0 Å². The first-order valence-corrected chi connectivity index (χ1v) is 8.03. The molecule has 1 aliphatic rings. The van der Waals surface area contributed by atoms with Crippen molar-refractivity contribution in [3.05, 3.63) is 36.2 Å². The molecule has 4 rings (SSSR count).